The molecule has 0 radical (unpaired) electrons. The van der Waals surface area contributed by atoms with Gasteiger partial charge in [0.25, 0.3) is 0 Å². The van der Waals surface area contributed by atoms with Crippen LogP contribution in [0.3, 0.4) is 0 Å². The fourth-order valence-corrected chi connectivity index (χ4v) is 1.01. The van der Waals surface area contributed by atoms with Crippen molar-refractivity contribution >= 4 is 0 Å². The third kappa shape index (κ3) is 3.32. The zero-order valence-corrected chi connectivity index (χ0v) is 8.07. The summed E-state index contributed by atoms with van der Waals surface area (Å²) in [7, 11) is 0. The second kappa shape index (κ2) is 5.41. The minimum Gasteiger partial charge on any atom is -0.490 e. The molecular weight excluding hydrogens is 164 g/mol. The van der Waals surface area contributed by atoms with E-state index < -0.39 is 0 Å². The van der Waals surface area contributed by atoms with Gasteiger partial charge < -0.3 is 4.74 Å². The zero-order valence-electron chi connectivity index (χ0n) is 8.07. The van der Waals surface area contributed by atoms with E-state index >= 15 is 0 Å². The number of hydrogen-bond donors (Lipinski definition) is 0. The largest absolute Gasteiger partial charge is 0.490 e. The van der Waals surface area contributed by atoms with Crippen molar-refractivity contribution in [3.63, 3.8) is 0 Å². The second-order valence-corrected chi connectivity index (χ2v) is 2.81. The van der Waals surface area contributed by atoms with Crippen molar-refractivity contribution in [3.8, 4) is 5.75 Å². The number of ether oxygens (including phenoxy) is 1. The van der Waals surface area contributed by atoms with E-state index in [1.807, 2.05) is 17.0 Å². The molecule has 0 bridgehead atoms. The van der Waals surface area contributed by atoms with Crippen LogP contribution in [-0.2, 0) is 6.54 Å². The van der Waals surface area contributed by atoms with E-state index in [9.17, 15) is 0 Å². The van der Waals surface area contributed by atoms with Crippen LogP contribution in [0.5, 0.6) is 5.75 Å². The molecule has 0 atom stereocenters. The average molecular weight is 180 g/mol. The van der Waals surface area contributed by atoms with Crippen LogP contribution in [0.1, 0.15) is 19.8 Å². The summed E-state index contributed by atoms with van der Waals surface area (Å²) < 4.78 is 7.31. The summed E-state index contributed by atoms with van der Waals surface area (Å²) in [6.07, 6.45) is 7.58. The van der Waals surface area contributed by atoms with Gasteiger partial charge in [0, 0.05) is 6.54 Å². The van der Waals surface area contributed by atoms with Gasteiger partial charge in [-0.05, 0) is 19.8 Å². The molecule has 1 heterocycles. The molecule has 0 aromatic carbocycles. The Morgan fingerprint density at radius 2 is 2.54 bits per heavy atom. The molecule has 0 saturated carbocycles. The minimum atomic E-state index is 0.738. The highest BCUT2D eigenvalue weighted by Gasteiger charge is 1.96. The summed E-state index contributed by atoms with van der Waals surface area (Å²) in [5.74, 6) is 0.853. The number of aromatic nitrogens is 2. The molecule has 0 fully saturated rings. The number of unbranched alkanes of at least 4 members (excludes halogenated alkanes) is 1. The Morgan fingerprint density at radius 1 is 1.69 bits per heavy atom. The van der Waals surface area contributed by atoms with Gasteiger partial charge in [0.15, 0.2) is 5.75 Å². The lowest BCUT2D eigenvalue weighted by Crippen LogP contribution is -1.96. The van der Waals surface area contributed by atoms with Crippen LogP contribution in [0.4, 0.5) is 0 Å². The molecular formula is C10H16N2O. The topological polar surface area (TPSA) is 27.1 Å². The van der Waals surface area contributed by atoms with Crippen molar-refractivity contribution in [2.24, 2.45) is 0 Å². The molecule has 0 aliphatic heterocycles. The van der Waals surface area contributed by atoms with E-state index in [-0.39, 0.29) is 0 Å². The van der Waals surface area contributed by atoms with E-state index in [4.69, 9.17) is 4.74 Å². The molecule has 0 spiro atoms. The first-order valence-corrected chi connectivity index (χ1v) is 4.63. The van der Waals surface area contributed by atoms with Crippen molar-refractivity contribution in [2.45, 2.75) is 26.3 Å². The Hall–Kier alpha value is -1.25. The highest BCUT2D eigenvalue weighted by atomic mass is 16.5. The predicted molar refractivity (Wildman–Crippen MR) is 52.8 cm³/mol. The maximum atomic E-state index is 5.46. The number of nitrogens with zero attached hydrogens (tertiary/aromatic N) is 2. The van der Waals surface area contributed by atoms with Crippen LogP contribution in [0, 0.1) is 0 Å². The van der Waals surface area contributed by atoms with Gasteiger partial charge in [-0.3, -0.25) is 4.68 Å². The van der Waals surface area contributed by atoms with E-state index in [1.165, 1.54) is 0 Å². The standard InChI is InChI=1S/C10H16N2O/c1-3-5-6-7-13-10-8-11-12(4-2)9-10/h3,8-9H,1,4-7H2,2H3. The Bertz CT molecular complexity index is 255. The van der Waals surface area contributed by atoms with E-state index in [1.54, 1.807) is 6.20 Å². The van der Waals surface area contributed by atoms with Gasteiger partial charge in [0.05, 0.1) is 19.0 Å². The van der Waals surface area contributed by atoms with Gasteiger partial charge in [0.1, 0.15) is 0 Å². The van der Waals surface area contributed by atoms with Gasteiger partial charge in [-0.1, -0.05) is 6.08 Å². The molecule has 0 amide bonds. The van der Waals surface area contributed by atoms with Gasteiger partial charge in [-0.15, -0.1) is 6.58 Å². The molecule has 3 nitrogen and oxygen atoms in total. The fourth-order valence-electron chi connectivity index (χ4n) is 1.01. The van der Waals surface area contributed by atoms with E-state index in [0.29, 0.717) is 0 Å². The molecule has 3 heteroatoms. The third-order valence-corrected chi connectivity index (χ3v) is 1.75. The molecule has 0 saturated heterocycles. The zero-order chi connectivity index (χ0) is 9.52. The molecule has 0 unspecified atom stereocenters. The van der Waals surface area contributed by atoms with E-state index in [2.05, 4.69) is 18.6 Å². The van der Waals surface area contributed by atoms with Crippen molar-refractivity contribution in [1.82, 2.24) is 9.78 Å². The van der Waals surface area contributed by atoms with Crippen molar-refractivity contribution in [1.29, 1.82) is 0 Å². The van der Waals surface area contributed by atoms with Crippen LogP contribution in [-0.4, -0.2) is 16.4 Å². The lowest BCUT2D eigenvalue weighted by molar-refractivity contribution is 0.311. The number of allylic oxidation sites excluding steroid dienone is 1. The fraction of sp³-hybridized carbons (Fsp3) is 0.500. The minimum absolute atomic E-state index is 0.738. The number of aryl methyl sites for hydroxylation is 1. The summed E-state index contributed by atoms with van der Waals surface area (Å²) in [5, 5.41) is 4.11. The molecule has 0 N–H and O–H groups in total. The van der Waals surface area contributed by atoms with Crippen molar-refractivity contribution in [2.75, 3.05) is 6.61 Å². The predicted octanol–water partition coefficient (Wildman–Crippen LogP) is 2.25. The maximum absolute atomic E-state index is 5.46. The first-order chi connectivity index (χ1) is 6.36. The Kier molecular flexibility index (Phi) is 4.09. The van der Waals surface area contributed by atoms with Crippen LogP contribution < -0.4 is 4.74 Å². The second-order valence-electron chi connectivity index (χ2n) is 2.81. The molecule has 1 aromatic rings. The maximum Gasteiger partial charge on any atom is 0.157 e. The lowest BCUT2D eigenvalue weighted by Gasteiger charge is -2.00. The van der Waals surface area contributed by atoms with Gasteiger partial charge in [-0.25, -0.2) is 0 Å². The SMILES string of the molecule is C=CCCCOc1cnn(CC)c1. The van der Waals surface area contributed by atoms with Crippen LogP contribution in [0.25, 0.3) is 0 Å². The van der Waals surface area contributed by atoms with Crippen LogP contribution in [0.2, 0.25) is 0 Å². The highest BCUT2D eigenvalue weighted by molar-refractivity contribution is 5.11. The Balaban J connectivity index is 2.24. The molecule has 13 heavy (non-hydrogen) atoms. The monoisotopic (exact) mass is 180 g/mol. The number of hydrogen-bond acceptors (Lipinski definition) is 2. The van der Waals surface area contributed by atoms with Crippen LogP contribution >= 0.6 is 0 Å². The molecule has 0 aliphatic carbocycles. The van der Waals surface area contributed by atoms with Gasteiger partial charge in [-0.2, -0.15) is 5.10 Å². The molecule has 1 aromatic heterocycles. The van der Waals surface area contributed by atoms with Crippen molar-refractivity contribution < 1.29 is 4.74 Å². The van der Waals surface area contributed by atoms with E-state index in [0.717, 1.165) is 31.7 Å². The Morgan fingerprint density at radius 3 is 3.15 bits per heavy atom. The first-order valence-electron chi connectivity index (χ1n) is 4.63. The summed E-state index contributed by atoms with van der Waals surface area (Å²) in [6, 6.07) is 0. The quantitative estimate of drug-likeness (QED) is 0.496. The first kappa shape index (κ1) is 9.84. The number of rotatable bonds is 6. The van der Waals surface area contributed by atoms with Crippen molar-refractivity contribution in [3.05, 3.63) is 25.0 Å². The average Bonchev–Trinajstić information content (AvgIpc) is 2.60. The van der Waals surface area contributed by atoms with Crippen LogP contribution in [0.15, 0.2) is 25.0 Å². The summed E-state index contributed by atoms with van der Waals surface area (Å²) in [5.41, 5.74) is 0. The third-order valence-electron chi connectivity index (χ3n) is 1.75. The Labute approximate surface area is 79.0 Å². The normalized spacial score (nSPS) is 9.92. The highest BCUT2D eigenvalue weighted by Crippen LogP contribution is 2.08. The lowest BCUT2D eigenvalue weighted by atomic mass is 10.3. The van der Waals surface area contributed by atoms with Gasteiger partial charge in [0.2, 0.25) is 0 Å². The smallest absolute Gasteiger partial charge is 0.157 e. The molecule has 1 rings (SSSR count). The summed E-state index contributed by atoms with van der Waals surface area (Å²) in [6.45, 7) is 7.32. The summed E-state index contributed by atoms with van der Waals surface area (Å²) >= 11 is 0. The molecule has 0 aliphatic rings. The van der Waals surface area contributed by atoms with Gasteiger partial charge >= 0.3 is 0 Å². The molecule has 72 valence electrons. The summed E-state index contributed by atoms with van der Waals surface area (Å²) in [4.78, 5) is 0.